The molecule has 0 aliphatic carbocycles. The summed E-state index contributed by atoms with van der Waals surface area (Å²) < 4.78 is 13.0. The van der Waals surface area contributed by atoms with Crippen molar-refractivity contribution in [3.63, 3.8) is 0 Å². The van der Waals surface area contributed by atoms with Crippen molar-refractivity contribution in [2.24, 2.45) is 10.8 Å². The van der Waals surface area contributed by atoms with Crippen molar-refractivity contribution < 1.29 is 19.1 Å². The molecule has 1 amide bonds. The number of aryl methyl sites for hydroxylation is 1. The highest BCUT2D eigenvalue weighted by Crippen LogP contribution is 2.38. The van der Waals surface area contributed by atoms with Crippen LogP contribution in [0.4, 0.5) is 0 Å². The molecule has 1 N–H and O–H groups in total. The Labute approximate surface area is 186 Å². The lowest BCUT2D eigenvalue weighted by Crippen LogP contribution is -2.40. The lowest BCUT2D eigenvalue weighted by Gasteiger charge is -2.36. The average Bonchev–Trinajstić information content (AvgIpc) is 3.37. The van der Waals surface area contributed by atoms with Crippen molar-refractivity contribution in [2.75, 3.05) is 26.4 Å². The Hall–Kier alpha value is -2.26. The van der Waals surface area contributed by atoms with Gasteiger partial charge in [0.05, 0.1) is 24.0 Å². The van der Waals surface area contributed by atoms with Crippen LogP contribution in [0.15, 0.2) is 11.7 Å². The number of fused-ring (bicyclic) bond motifs is 1. The van der Waals surface area contributed by atoms with E-state index in [2.05, 4.69) is 24.1 Å². The molecule has 0 unspecified atom stereocenters. The fourth-order valence-electron chi connectivity index (χ4n) is 4.46. The van der Waals surface area contributed by atoms with Gasteiger partial charge in [0.15, 0.2) is 0 Å². The number of esters is 1. The molecule has 1 fully saturated rings. The first-order valence-electron chi connectivity index (χ1n) is 10.8. The Morgan fingerprint density at radius 1 is 1.39 bits per heavy atom. The molecule has 0 aromatic carbocycles. The molecular weight excluding hydrogens is 416 g/mol. The Balaban J connectivity index is 1.57. The van der Waals surface area contributed by atoms with Crippen molar-refractivity contribution in [2.45, 2.75) is 53.0 Å². The topological polar surface area (TPSA) is 95.3 Å². The Kier molecular flexibility index (Phi) is 6.16. The molecule has 168 valence electrons. The van der Waals surface area contributed by atoms with Crippen LogP contribution in [0.25, 0.3) is 0 Å². The zero-order valence-corrected chi connectivity index (χ0v) is 19.2. The summed E-state index contributed by atoms with van der Waals surface area (Å²) in [4.78, 5) is 29.6. The second-order valence-corrected chi connectivity index (χ2v) is 10.2. The van der Waals surface area contributed by atoms with Gasteiger partial charge in [-0.05, 0) is 31.6 Å². The minimum Gasteiger partial charge on any atom is -0.461 e. The van der Waals surface area contributed by atoms with E-state index < -0.39 is 0 Å². The number of carbonyl (C=O) groups is 2. The molecule has 1 saturated heterocycles. The number of nitrogens with zero attached hydrogens (tertiary/aromatic N) is 3. The monoisotopic (exact) mass is 446 g/mol. The lowest BCUT2D eigenvalue weighted by molar-refractivity contribution is 0.0159. The molecule has 1 spiro atoms. The van der Waals surface area contributed by atoms with Crippen LogP contribution in [0.1, 0.15) is 65.0 Å². The van der Waals surface area contributed by atoms with Crippen LogP contribution in [-0.2, 0) is 28.9 Å². The van der Waals surface area contributed by atoms with Gasteiger partial charge in [0.1, 0.15) is 10.6 Å². The van der Waals surface area contributed by atoms with Crippen molar-refractivity contribution in [3.8, 4) is 0 Å². The van der Waals surface area contributed by atoms with E-state index in [0.29, 0.717) is 30.1 Å². The second-order valence-electron chi connectivity index (χ2n) is 9.34. The number of thiazole rings is 1. The molecule has 4 heterocycles. The maximum atomic E-state index is 13.0. The summed E-state index contributed by atoms with van der Waals surface area (Å²) in [7, 11) is 0. The van der Waals surface area contributed by atoms with Crippen LogP contribution < -0.4 is 5.32 Å². The average molecular weight is 447 g/mol. The van der Waals surface area contributed by atoms with E-state index in [1.54, 1.807) is 5.51 Å². The molecule has 0 atom stereocenters. The fraction of sp³-hybridized carbons (Fsp3) is 0.636. The highest BCUT2D eigenvalue weighted by Gasteiger charge is 2.40. The molecule has 2 aliphatic heterocycles. The molecule has 8 nitrogen and oxygen atoms in total. The summed E-state index contributed by atoms with van der Waals surface area (Å²) in [5, 5.41) is 7.96. The molecule has 31 heavy (non-hydrogen) atoms. The molecule has 2 aromatic rings. The number of rotatable bonds is 6. The van der Waals surface area contributed by atoms with Gasteiger partial charge in [0, 0.05) is 43.7 Å². The van der Waals surface area contributed by atoms with Crippen LogP contribution in [0, 0.1) is 10.8 Å². The molecule has 2 aliphatic rings. The molecule has 9 heteroatoms. The van der Waals surface area contributed by atoms with Crippen molar-refractivity contribution >= 4 is 23.2 Å². The van der Waals surface area contributed by atoms with Gasteiger partial charge in [0.2, 0.25) is 0 Å². The Bertz CT molecular complexity index is 945. The van der Waals surface area contributed by atoms with E-state index in [1.807, 2.05) is 11.6 Å². The predicted octanol–water partition coefficient (Wildman–Crippen LogP) is 2.87. The predicted molar refractivity (Wildman–Crippen MR) is 116 cm³/mol. The van der Waals surface area contributed by atoms with Crippen molar-refractivity contribution in [3.05, 3.63) is 33.5 Å². The smallest absolute Gasteiger partial charge is 0.349 e. The van der Waals surface area contributed by atoms with E-state index in [9.17, 15) is 9.59 Å². The lowest BCUT2D eigenvalue weighted by atomic mass is 9.74. The zero-order chi connectivity index (χ0) is 22.1. The number of nitrogens with one attached hydrogen (secondary N) is 1. The molecule has 0 radical (unpaired) electrons. The van der Waals surface area contributed by atoms with Crippen LogP contribution >= 0.6 is 11.3 Å². The highest BCUT2D eigenvalue weighted by molar-refractivity contribution is 7.11. The highest BCUT2D eigenvalue weighted by atomic mass is 32.1. The van der Waals surface area contributed by atoms with Crippen LogP contribution in [0.5, 0.6) is 0 Å². The summed E-state index contributed by atoms with van der Waals surface area (Å²) in [5.41, 5.74) is 3.95. The largest absolute Gasteiger partial charge is 0.461 e. The Morgan fingerprint density at radius 3 is 2.84 bits per heavy atom. The number of hydrogen-bond donors (Lipinski definition) is 1. The van der Waals surface area contributed by atoms with E-state index in [-0.39, 0.29) is 29.3 Å². The van der Waals surface area contributed by atoms with Crippen LogP contribution in [-0.4, -0.2) is 53.0 Å². The molecule has 0 bridgehead atoms. The first kappa shape index (κ1) is 22.0. The van der Waals surface area contributed by atoms with Crippen LogP contribution in [0.2, 0.25) is 0 Å². The van der Waals surface area contributed by atoms with Gasteiger partial charge in [-0.2, -0.15) is 5.10 Å². The quantitative estimate of drug-likeness (QED) is 0.686. The molecule has 2 aromatic heterocycles. The first-order valence-corrected chi connectivity index (χ1v) is 11.7. The van der Waals surface area contributed by atoms with Gasteiger partial charge in [-0.15, -0.1) is 11.3 Å². The van der Waals surface area contributed by atoms with Gasteiger partial charge >= 0.3 is 5.97 Å². The summed E-state index contributed by atoms with van der Waals surface area (Å²) in [6, 6.07) is 0. The van der Waals surface area contributed by atoms with Gasteiger partial charge in [-0.3, -0.25) is 14.5 Å². The summed E-state index contributed by atoms with van der Waals surface area (Å²) in [5.74, 6) is -0.401. The SMILES string of the molecule is CCn1nc(CC(C)(C)COC(=O)c2cncs2)c2c1C(=O)NCC1(CCOCC1)C2. The number of ether oxygens (including phenoxy) is 2. The molecule has 0 saturated carbocycles. The maximum absolute atomic E-state index is 13.0. The van der Waals surface area contributed by atoms with Crippen LogP contribution in [0.3, 0.4) is 0 Å². The van der Waals surface area contributed by atoms with E-state index in [4.69, 9.17) is 14.6 Å². The Morgan fingerprint density at radius 2 is 2.16 bits per heavy atom. The second kappa shape index (κ2) is 8.70. The third kappa shape index (κ3) is 4.67. The minimum absolute atomic E-state index is 0.0122. The normalized spacial score (nSPS) is 18.4. The molecule has 4 rings (SSSR count). The number of carbonyl (C=O) groups excluding carboxylic acids is 2. The summed E-state index contributed by atoms with van der Waals surface area (Å²) >= 11 is 1.27. The van der Waals surface area contributed by atoms with Gasteiger partial charge in [0.25, 0.3) is 5.91 Å². The number of hydrogen-bond acceptors (Lipinski definition) is 7. The number of amides is 1. The molecular formula is C22H30N4O4S. The van der Waals surface area contributed by atoms with Gasteiger partial charge in [-0.25, -0.2) is 4.79 Å². The summed E-state index contributed by atoms with van der Waals surface area (Å²) in [6.45, 7) is 9.14. The van der Waals surface area contributed by atoms with E-state index in [1.165, 1.54) is 17.5 Å². The summed E-state index contributed by atoms with van der Waals surface area (Å²) in [6.07, 6.45) is 4.82. The number of aromatic nitrogens is 3. The van der Waals surface area contributed by atoms with Crippen molar-refractivity contribution in [1.29, 1.82) is 0 Å². The van der Waals surface area contributed by atoms with E-state index >= 15 is 0 Å². The fourth-order valence-corrected chi connectivity index (χ4v) is 4.97. The first-order chi connectivity index (χ1) is 14.8. The minimum atomic E-state index is -0.353. The van der Waals surface area contributed by atoms with Gasteiger partial charge < -0.3 is 14.8 Å². The van der Waals surface area contributed by atoms with Gasteiger partial charge in [-0.1, -0.05) is 13.8 Å². The third-order valence-corrected chi connectivity index (χ3v) is 7.00. The zero-order valence-electron chi connectivity index (χ0n) is 18.4. The third-order valence-electron chi connectivity index (χ3n) is 6.25. The van der Waals surface area contributed by atoms with Crippen molar-refractivity contribution in [1.82, 2.24) is 20.1 Å². The standard InChI is InChI=1S/C22H30N4O4S/c1-4-26-18-15(9-22(12-24-19(18)27)5-7-29-8-6-22)16(25-26)10-21(2,3)13-30-20(28)17-11-23-14-31-17/h11,14H,4-10,12-13H2,1-3H3,(H,24,27). The van der Waals surface area contributed by atoms with E-state index in [0.717, 1.165) is 43.7 Å². The maximum Gasteiger partial charge on any atom is 0.349 e.